The number of hydrogen-bond donors (Lipinski definition) is 1. The summed E-state index contributed by atoms with van der Waals surface area (Å²) in [5.74, 6) is 0. The fraction of sp³-hybridized carbons (Fsp3) is 0.286. The van der Waals surface area contributed by atoms with E-state index in [-0.39, 0.29) is 6.03 Å². The van der Waals surface area contributed by atoms with Gasteiger partial charge >= 0.3 is 6.03 Å². The molecule has 2 heterocycles. The standard InChI is InChI=1S/C14H16N4O2/c19-14(18-6-5-15-11-18)16-12-1-3-13(4-2-12)17-7-9-20-10-8-17/h1-6,11H,7-10H2,(H,16,19). The summed E-state index contributed by atoms with van der Waals surface area (Å²) in [6.07, 6.45) is 4.65. The van der Waals surface area contributed by atoms with Crippen LogP contribution >= 0.6 is 0 Å². The van der Waals surface area contributed by atoms with Crippen LogP contribution in [0.4, 0.5) is 16.2 Å². The summed E-state index contributed by atoms with van der Waals surface area (Å²) < 4.78 is 6.73. The topological polar surface area (TPSA) is 59.4 Å². The summed E-state index contributed by atoms with van der Waals surface area (Å²) in [7, 11) is 0. The van der Waals surface area contributed by atoms with Crippen molar-refractivity contribution in [2.24, 2.45) is 0 Å². The molecule has 0 spiro atoms. The normalized spacial score (nSPS) is 15.1. The number of hydrogen-bond acceptors (Lipinski definition) is 4. The number of anilines is 2. The fourth-order valence-electron chi connectivity index (χ4n) is 2.14. The minimum absolute atomic E-state index is 0.221. The number of imidazole rings is 1. The van der Waals surface area contributed by atoms with Crippen molar-refractivity contribution < 1.29 is 9.53 Å². The lowest BCUT2D eigenvalue weighted by atomic mass is 10.2. The van der Waals surface area contributed by atoms with E-state index < -0.39 is 0 Å². The Morgan fingerprint density at radius 3 is 2.60 bits per heavy atom. The van der Waals surface area contributed by atoms with Crippen molar-refractivity contribution in [3.63, 3.8) is 0 Å². The molecule has 104 valence electrons. The first-order chi connectivity index (χ1) is 9.83. The lowest BCUT2D eigenvalue weighted by molar-refractivity contribution is 0.122. The number of carbonyl (C=O) groups excluding carboxylic acids is 1. The van der Waals surface area contributed by atoms with Crippen molar-refractivity contribution in [1.29, 1.82) is 0 Å². The third kappa shape index (κ3) is 2.80. The van der Waals surface area contributed by atoms with Gasteiger partial charge in [-0.05, 0) is 24.3 Å². The molecule has 3 rings (SSSR count). The molecule has 6 heteroatoms. The largest absolute Gasteiger partial charge is 0.378 e. The Hall–Kier alpha value is -2.34. The van der Waals surface area contributed by atoms with Gasteiger partial charge in [-0.3, -0.25) is 4.57 Å². The van der Waals surface area contributed by atoms with Crippen LogP contribution in [0.1, 0.15) is 0 Å². The first-order valence-electron chi connectivity index (χ1n) is 6.55. The molecule has 6 nitrogen and oxygen atoms in total. The minimum Gasteiger partial charge on any atom is -0.378 e. The van der Waals surface area contributed by atoms with Crippen LogP contribution in [0.2, 0.25) is 0 Å². The molecule has 1 N–H and O–H groups in total. The van der Waals surface area contributed by atoms with Crippen LogP contribution in [0.25, 0.3) is 0 Å². The molecule has 1 fully saturated rings. The molecule has 0 unspecified atom stereocenters. The number of aromatic nitrogens is 2. The van der Waals surface area contributed by atoms with Gasteiger partial charge in [0.25, 0.3) is 0 Å². The second-order valence-corrected chi connectivity index (χ2v) is 4.55. The summed E-state index contributed by atoms with van der Waals surface area (Å²) in [5.41, 5.74) is 1.91. The number of benzene rings is 1. The van der Waals surface area contributed by atoms with Crippen molar-refractivity contribution in [2.75, 3.05) is 36.5 Å². The van der Waals surface area contributed by atoms with Crippen LogP contribution in [0.15, 0.2) is 43.0 Å². The van der Waals surface area contributed by atoms with Gasteiger partial charge < -0.3 is 15.0 Å². The Morgan fingerprint density at radius 1 is 1.20 bits per heavy atom. The second kappa shape index (κ2) is 5.75. The Kier molecular flexibility index (Phi) is 3.64. The van der Waals surface area contributed by atoms with Crippen LogP contribution in [0, 0.1) is 0 Å². The van der Waals surface area contributed by atoms with Crippen molar-refractivity contribution in [3.05, 3.63) is 43.0 Å². The molecule has 20 heavy (non-hydrogen) atoms. The van der Waals surface area contributed by atoms with Gasteiger partial charge in [-0.15, -0.1) is 0 Å². The zero-order chi connectivity index (χ0) is 13.8. The number of morpholine rings is 1. The average Bonchev–Trinajstić information content (AvgIpc) is 3.03. The van der Waals surface area contributed by atoms with E-state index in [1.807, 2.05) is 24.3 Å². The second-order valence-electron chi connectivity index (χ2n) is 4.55. The fourth-order valence-corrected chi connectivity index (χ4v) is 2.14. The molecule has 1 aromatic heterocycles. The summed E-state index contributed by atoms with van der Waals surface area (Å²) in [6.45, 7) is 3.33. The molecule has 1 aliphatic rings. The summed E-state index contributed by atoms with van der Waals surface area (Å²) in [6, 6.07) is 7.60. The Bertz CT molecular complexity index is 559. The Labute approximate surface area is 117 Å². The van der Waals surface area contributed by atoms with Crippen LogP contribution in [-0.2, 0) is 4.74 Å². The highest BCUT2D eigenvalue weighted by molar-refractivity contribution is 5.91. The molecule has 0 saturated carbocycles. The molecule has 1 saturated heterocycles. The maximum Gasteiger partial charge on any atom is 0.331 e. The maximum absolute atomic E-state index is 11.8. The van der Waals surface area contributed by atoms with Crippen molar-refractivity contribution in [1.82, 2.24) is 9.55 Å². The molecule has 2 aromatic rings. The van der Waals surface area contributed by atoms with E-state index in [0.717, 1.165) is 37.7 Å². The van der Waals surface area contributed by atoms with E-state index in [0.29, 0.717) is 0 Å². The number of carbonyl (C=O) groups is 1. The Balaban J connectivity index is 1.65. The molecule has 0 bridgehead atoms. The number of ether oxygens (including phenoxy) is 1. The lowest BCUT2D eigenvalue weighted by Crippen LogP contribution is -2.36. The number of nitrogens with one attached hydrogen (secondary N) is 1. The first kappa shape index (κ1) is 12.7. The van der Waals surface area contributed by atoms with Crippen LogP contribution < -0.4 is 10.2 Å². The minimum atomic E-state index is -0.221. The molecule has 1 aliphatic heterocycles. The molecule has 0 radical (unpaired) electrons. The molecule has 1 amide bonds. The molecular weight excluding hydrogens is 256 g/mol. The van der Waals surface area contributed by atoms with Crippen LogP contribution in [0.5, 0.6) is 0 Å². The van der Waals surface area contributed by atoms with Gasteiger partial charge in [0.1, 0.15) is 6.33 Å². The SMILES string of the molecule is O=C(Nc1ccc(N2CCOCC2)cc1)n1ccnc1. The van der Waals surface area contributed by atoms with Crippen LogP contribution in [-0.4, -0.2) is 41.9 Å². The molecule has 0 atom stereocenters. The summed E-state index contributed by atoms with van der Waals surface area (Å²) >= 11 is 0. The van der Waals surface area contributed by atoms with Gasteiger partial charge in [-0.2, -0.15) is 0 Å². The highest BCUT2D eigenvalue weighted by atomic mass is 16.5. The van der Waals surface area contributed by atoms with E-state index >= 15 is 0 Å². The highest BCUT2D eigenvalue weighted by Gasteiger charge is 2.11. The monoisotopic (exact) mass is 272 g/mol. The van der Waals surface area contributed by atoms with Crippen molar-refractivity contribution >= 4 is 17.4 Å². The predicted octanol–water partition coefficient (Wildman–Crippen LogP) is 1.80. The molecular formula is C14H16N4O2. The maximum atomic E-state index is 11.8. The van der Waals surface area contributed by atoms with E-state index in [9.17, 15) is 4.79 Å². The Morgan fingerprint density at radius 2 is 1.95 bits per heavy atom. The van der Waals surface area contributed by atoms with Crippen LogP contribution in [0.3, 0.4) is 0 Å². The van der Waals surface area contributed by atoms with Gasteiger partial charge in [-0.1, -0.05) is 0 Å². The predicted molar refractivity (Wildman–Crippen MR) is 76.1 cm³/mol. The zero-order valence-corrected chi connectivity index (χ0v) is 11.0. The van der Waals surface area contributed by atoms with Gasteiger partial charge in [-0.25, -0.2) is 9.78 Å². The molecule has 1 aromatic carbocycles. The summed E-state index contributed by atoms with van der Waals surface area (Å²) in [5, 5.41) is 2.82. The zero-order valence-electron chi connectivity index (χ0n) is 11.0. The smallest absolute Gasteiger partial charge is 0.331 e. The quantitative estimate of drug-likeness (QED) is 0.905. The van der Waals surface area contributed by atoms with Crippen molar-refractivity contribution in [2.45, 2.75) is 0 Å². The number of amides is 1. The highest BCUT2D eigenvalue weighted by Crippen LogP contribution is 2.19. The first-order valence-corrected chi connectivity index (χ1v) is 6.55. The van der Waals surface area contributed by atoms with Gasteiger partial charge in [0.2, 0.25) is 0 Å². The molecule has 0 aliphatic carbocycles. The third-order valence-corrected chi connectivity index (χ3v) is 3.23. The van der Waals surface area contributed by atoms with E-state index in [2.05, 4.69) is 15.2 Å². The van der Waals surface area contributed by atoms with Gasteiger partial charge in [0.15, 0.2) is 0 Å². The number of rotatable bonds is 2. The summed E-state index contributed by atoms with van der Waals surface area (Å²) in [4.78, 5) is 18.0. The van der Waals surface area contributed by atoms with E-state index in [1.54, 1.807) is 12.4 Å². The average molecular weight is 272 g/mol. The van der Waals surface area contributed by atoms with Gasteiger partial charge in [0.05, 0.1) is 13.2 Å². The lowest BCUT2D eigenvalue weighted by Gasteiger charge is -2.28. The van der Waals surface area contributed by atoms with Gasteiger partial charge in [0, 0.05) is 36.9 Å². The van der Waals surface area contributed by atoms with E-state index in [4.69, 9.17) is 4.74 Å². The third-order valence-electron chi connectivity index (χ3n) is 3.23. The van der Waals surface area contributed by atoms with E-state index in [1.165, 1.54) is 10.9 Å². The van der Waals surface area contributed by atoms with Crippen molar-refractivity contribution in [3.8, 4) is 0 Å². The number of nitrogens with zero attached hydrogens (tertiary/aromatic N) is 3.